The summed E-state index contributed by atoms with van der Waals surface area (Å²) in [4.78, 5) is 4.91. The number of allylic oxidation sites excluding steroid dienone is 7. The molecular formula is C107H86N2O2. The highest BCUT2D eigenvalue weighted by Gasteiger charge is 2.49. The van der Waals surface area contributed by atoms with Crippen molar-refractivity contribution in [3.8, 4) is 56.0 Å². The number of anilines is 5. The Morgan fingerprint density at radius 1 is 0.369 bits per heavy atom. The molecule has 3 unspecified atom stereocenters. The summed E-state index contributed by atoms with van der Waals surface area (Å²) in [6.07, 6.45) is 15.7. The van der Waals surface area contributed by atoms with E-state index in [-0.39, 0.29) is 22.7 Å². The Kier molecular flexibility index (Phi) is 17.5. The van der Waals surface area contributed by atoms with Crippen LogP contribution in [0, 0.1) is 0 Å². The second-order valence-electron chi connectivity index (χ2n) is 31.4. The predicted molar refractivity (Wildman–Crippen MR) is 461 cm³/mol. The summed E-state index contributed by atoms with van der Waals surface area (Å²) in [5.74, 6) is 1.75. The minimum Gasteiger partial charge on any atom is -0.457 e. The number of fused-ring (bicyclic) bond motifs is 8. The molecular weight excluding hydrogens is 1350 g/mol. The zero-order valence-corrected chi connectivity index (χ0v) is 63.2. The maximum absolute atomic E-state index is 6.74. The molecule has 14 aromatic carbocycles. The quantitative estimate of drug-likeness (QED) is 0.0806. The molecule has 0 aromatic heterocycles. The lowest BCUT2D eigenvalue weighted by Crippen LogP contribution is -2.31. The third kappa shape index (κ3) is 12.3. The van der Waals surface area contributed by atoms with Crippen LogP contribution in [0.15, 0.2) is 388 Å². The van der Waals surface area contributed by atoms with Crippen molar-refractivity contribution in [3.05, 3.63) is 460 Å². The van der Waals surface area contributed by atoms with Gasteiger partial charge in [-0.3, -0.25) is 0 Å². The first-order valence-electron chi connectivity index (χ1n) is 39.1. The van der Waals surface area contributed by atoms with E-state index in [0.29, 0.717) is 13.2 Å². The highest BCUT2D eigenvalue weighted by molar-refractivity contribution is 5.93. The number of hydrogen-bond donors (Lipinski definition) is 0. The van der Waals surface area contributed by atoms with Crippen molar-refractivity contribution >= 4 is 40.1 Å². The third-order valence-electron chi connectivity index (χ3n) is 24.3. The zero-order valence-electron chi connectivity index (χ0n) is 63.2. The van der Waals surface area contributed by atoms with Gasteiger partial charge in [0.05, 0.1) is 18.6 Å². The van der Waals surface area contributed by atoms with E-state index in [4.69, 9.17) is 9.47 Å². The molecule has 14 aromatic rings. The maximum atomic E-state index is 6.74. The Labute approximate surface area is 653 Å². The van der Waals surface area contributed by atoms with Crippen LogP contribution in [0.1, 0.15) is 125 Å². The van der Waals surface area contributed by atoms with E-state index in [0.717, 1.165) is 75.2 Å². The lowest BCUT2D eigenvalue weighted by atomic mass is 9.64. The van der Waals surface area contributed by atoms with Crippen LogP contribution in [-0.2, 0) is 34.2 Å². The molecule has 5 aliphatic carbocycles. The normalized spacial score (nSPS) is 17.0. The molecule has 0 amide bonds. The molecule has 0 radical (unpaired) electrons. The first-order chi connectivity index (χ1) is 54.4. The first-order valence-corrected chi connectivity index (χ1v) is 39.1. The Morgan fingerprint density at radius 2 is 0.811 bits per heavy atom. The van der Waals surface area contributed by atoms with Gasteiger partial charge in [0.1, 0.15) is 11.5 Å². The number of ether oxygens (including phenoxy) is 2. The zero-order chi connectivity index (χ0) is 74.8. The standard InChI is InChI=1S/C107H86N2O2/c1-6-72-30-32-73(33-31-72)70-110-71-74-34-58-91(59-35-74)111-92-60-46-84(47-61-92)107(83-24-14-9-15-25-83)103-66-81(79-40-52-87(53-41-79)108(85-48-36-77(37-49-85)75-20-10-7-11-21-75)89-56-64-95-93-26-16-18-28-99(93)105(2,3)101(95)68-89)44-62-97(103)98-63-45-82(67-104(98)107)80-42-54-88(55-43-80)109(86-50-38-78(39-51-86)76-22-12-8-13-23-76)90-57-65-96-94-27-17-19-29-100(94)106(4,5)102(96)69-90/h6-42,44-65,67-69,80-81H,1,43,66,70-71H2,2-5H3. The first kappa shape index (κ1) is 68.7. The predicted octanol–water partition coefficient (Wildman–Crippen LogP) is 27.9. The molecule has 5 aliphatic rings. The molecule has 0 fully saturated rings. The Morgan fingerprint density at radius 3 is 1.36 bits per heavy atom. The van der Waals surface area contributed by atoms with Gasteiger partial charge in [-0.05, 0) is 232 Å². The van der Waals surface area contributed by atoms with Crippen molar-refractivity contribution in [3.63, 3.8) is 0 Å². The van der Waals surface area contributed by atoms with E-state index in [9.17, 15) is 0 Å². The summed E-state index contributed by atoms with van der Waals surface area (Å²) in [5.41, 5.74) is 34.9. The Bertz CT molecular complexity index is 5990. The SMILES string of the molecule is C=Cc1ccc(COCc2ccc(Oc3ccc(C4(c5ccccc5)C5=C(C=CC(c6ccc(N(c7ccc(-c8ccccc8)cc7)c7ccc8c(c7)C(C)(C)c7ccccc7-8)cc6)C5)c5ccc(C6C=CC(N(c7ccc(-c8ccccc8)cc7)c7ccc8c(c7)C(C)(C)c7ccccc7-8)=CC6)cc54)cc3)cc2)cc1. The summed E-state index contributed by atoms with van der Waals surface area (Å²) >= 11 is 0. The van der Waals surface area contributed by atoms with Crippen LogP contribution < -0.4 is 14.5 Å². The van der Waals surface area contributed by atoms with Crippen molar-refractivity contribution in [2.24, 2.45) is 0 Å². The van der Waals surface area contributed by atoms with E-state index in [1.807, 2.05) is 18.2 Å². The van der Waals surface area contributed by atoms with Crippen LogP contribution in [0.2, 0.25) is 0 Å². The highest BCUT2D eigenvalue weighted by atomic mass is 16.5. The molecule has 0 spiro atoms. The number of benzene rings is 14. The molecule has 536 valence electrons. The Hall–Kier alpha value is -12.9. The summed E-state index contributed by atoms with van der Waals surface area (Å²) in [6.45, 7) is 14.4. The summed E-state index contributed by atoms with van der Waals surface area (Å²) < 4.78 is 12.9. The fraction of sp³-hybridized carbons (Fsp3) is 0.121. The lowest BCUT2D eigenvalue weighted by Gasteiger charge is -2.38. The van der Waals surface area contributed by atoms with Crippen molar-refractivity contribution in [2.75, 3.05) is 9.80 Å². The molecule has 4 nitrogen and oxygen atoms in total. The lowest BCUT2D eigenvalue weighted by molar-refractivity contribution is 0.107. The van der Waals surface area contributed by atoms with Gasteiger partial charge in [0, 0.05) is 56.8 Å². The van der Waals surface area contributed by atoms with Gasteiger partial charge in [-0.25, -0.2) is 0 Å². The van der Waals surface area contributed by atoms with Gasteiger partial charge in [-0.2, -0.15) is 0 Å². The van der Waals surface area contributed by atoms with E-state index in [1.54, 1.807) is 0 Å². The van der Waals surface area contributed by atoms with Gasteiger partial charge in [0.25, 0.3) is 0 Å². The van der Waals surface area contributed by atoms with Crippen molar-refractivity contribution in [1.82, 2.24) is 0 Å². The van der Waals surface area contributed by atoms with Crippen molar-refractivity contribution in [2.45, 2.75) is 81.8 Å². The van der Waals surface area contributed by atoms with Gasteiger partial charge >= 0.3 is 0 Å². The molecule has 0 N–H and O–H groups in total. The molecule has 0 heterocycles. The van der Waals surface area contributed by atoms with E-state index in [1.165, 1.54) is 111 Å². The maximum Gasteiger partial charge on any atom is 0.127 e. The molecule has 0 saturated carbocycles. The second kappa shape index (κ2) is 28.3. The van der Waals surface area contributed by atoms with Crippen LogP contribution in [-0.4, -0.2) is 0 Å². The van der Waals surface area contributed by atoms with E-state index < -0.39 is 5.41 Å². The molecule has 0 bridgehead atoms. The van der Waals surface area contributed by atoms with Crippen LogP contribution in [0.4, 0.5) is 28.4 Å². The average molecular weight is 1430 g/mol. The van der Waals surface area contributed by atoms with Crippen LogP contribution in [0.25, 0.3) is 56.2 Å². The fourth-order valence-corrected chi connectivity index (χ4v) is 18.5. The molecule has 3 atom stereocenters. The second-order valence-corrected chi connectivity index (χ2v) is 31.4. The van der Waals surface area contributed by atoms with Crippen molar-refractivity contribution < 1.29 is 9.47 Å². The number of rotatable bonds is 19. The molecule has 111 heavy (non-hydrogen) atoms. The highest BCUT2D eigenvalue weighted by Crippen LogP contribution is 2.60. The minimum atomic E-state index is -0.661. The molecule has 19 rings (SSSR count). The van der Waals surface area contributed by atoms with Crippen LogP contribution in [0.3, 0.4) is 0 Å². The smallest absolute Gasteiger partial charge is 0.127 e. The largest absolute Gasteiger partial charge is 0.457 e. The van der Waals surface area contributed by atoms with Gasteiger partial charge in [-0.1, -0.05) is 319 Å². The summed E-state index contributed by atoms with van der Waals surface area (Å²) in [6, 6.07) is 125. The van der Waals surface area contributed by atoms with E-state index in [2.05, 4.69) is 402 Å². The fourth-order valence-electron chi connectivity index (χ4n) is 18.5. The van der Waals surface area contributed by atoms with Gasteiger partial charge in [0.15, 0.2) is 0 Å². The van der Waals surface area contributed by atoms with Gasteiger partial charge < -0.3 is 19.3 Å². The van der Waals surface area contributed by atoms with E-state index >= 15 is 0 Å². The summed E-state index contributed by atoms with van der Waals surface area (Å²) in [7, 11) is 0. The van der Waals surface area contributed by atoms with Crippen molar-refractivity contribution in [1.29, 1.82) is 0 Å². The molecule has 4 heteroatoms. The average Bonchev–Trinajstić information content (AvgIpc) is 1.57. The van der Waals surface area contributed by atoms with Gasteiger partial charge in [0.2, 0.25) is 0 Å². The number of nitrogens with zero attached hydrogens (tertiary/aromatic N) is 2. The molecule has 0 aliphatic heterocycles. The third-order valence-corrected chi connectivity index (χ3v) is 24.3. The van der Waals surface area contributed by atoms with Crippen LogP contribution in [0.5, 0.6) is 11.5 Å². The molecule has 0 saturated heterocycles. The number of hydrogen-bond acceptors (Lipinski definition) is 4. The minimum absolute atomic E-state index is 0.0850. The Balaban J connectivity index is 0.670. The topological polar surface area (TPSA) is 24.9 Å². The monoisotopic (exact) mass is 1430 g/mol. The summed E-state index contributed by atoms with van der Waals surface area (Å²) in [5, 5.41) is 0. The van der Waals surface area contributed by atoms with Crippen LogP contribution >= 0.6 is 0 Å². The van der Waals surface area contributed by atoms with Gasteiger partial charge in [-0.15, -0.1) is 0 Å².